The normalized spacial score (nSPS) is 12.0. The lowest BCUT2D eigenvalue weighted by molar-refractivity contribution is 0.351. The molecule has 0 radical (unpaired) electrons. The fourth-order valence-corrected chi connectivity index (χ4v) is 2.57. The van der Waals surface area contributed by atoms with Gasteiger partial charge in [-0.15, -0.1) is 11.6 Å². The molecule has 106 valence electrons. The third-order valence-electron chi connectivity index (χ3n) is 3.03. The molecule has 5 heteroatoms. The van der Waals surface area contributed by atoms with Gasteiger partial charge in [0.2, 0.25) is 0 Å². The van der Waals surface area contributed by atoms with Crippen LogP contribution in [0.1, 0.15) is 16.5 Å². The first-order chi connectivity index (χ1) is 9.67. The minimum atomic E-state index is -0.264. The fourth-order valence-electron chi connectivity index (χ4n) is 2.03. The maximum absolute atomic E-state index is 6.51. The summed E-state index contributed by atoms with van der Waals surface area (Å²) in [7, 11) is 3.20. The van der Waals surface area contributed by atoms with E-state index in [0.29, 0.717) is 22.9 Å². The molecule has 1 atom stereocenters. The zero-order valence-electron chi connectivity index (χ0n) is 11.3. The molecule has 0 saturated heterocycles. The predicted octanol–water partition coefficient (Wildman–Crippen LogP) is 4.27. The zero-order chi connectivity index (χ0) is 14.5. The van der Waals surface area contributed by atoms with Crippen LogP contribution in [-0.4, -0.2) is 19.2 Å². The van der Waals surface area contributed by atoms with Crippen molar-refractivity contribution in [3.05, 3.63) is 52.8 Å². The second-order valence-electron chi connectivity index (χ2n) is 4.22. The lowest BCUT2D eigenvalue weighted by Crippen LogP contribution is -2.01. The van der Waals surface area contributed by atoms with Crippen molar-refractivity contribution in [1.82, 2.24) is 4.98 Å². The second kappa shape index (κ2) is 6.82. The Morgan fingerprint density at radius 2 is 2.00 bits per heavy atom. The molecule has 0 amide bonds. The van der Waals surface area contributed by atoms with E-state index in [1.165, 1.54) is 0 Å². The molecule has 1 unspecified atom stereocenters. The smallest absolute Gasteiger partial charge is 0.165 e. The van der Waals surface area contributed by atoms with Gasteiger partial charge in [0.05, 0.1) is 24.6 Å². The summed E-state index contributed by atoms with van der Waals surface area (Å²) in [4.78, 5) is 3.97. The molecule has 0 saturated carbocycles. The van der Waals surface area contributed by atoms with Gasteiger partial charge in [-0.05, 0) is 24.1 Å². The van der Waals surface area contributed by atoms with Crippen LogP contribution in [0.15, 0.2) is 36.7 Å². The van der Waals surface area contributed by atoms with Gasteiger partial charge in [0.15, 0.2) is 11.5 Å². The lowest BCUT2D eigenvalue weighted by Gasteiger charge is -2.17. The van der Waals surface area contributed by atoms with Crippen molar-refractivity contribution in [2.24, 2.45) is 0 Å². The molecule has 3 nitrogen and oxygen atoms in total. The molecule has 0 bridgehead atoms. The van der Waals surface area contributed by atoms with E-state index in [0.717, 1.165) is 11.1 Å². The quantitative estimate of drug-likeness (QED) is 0.772. The van der Waals surface area contributed by atoms with Crippen molar-refractivity contribution in [3.63, 3.8) is 0 Å². The Kier molecular flexibility index (Phi) is 5.10. The van der Waals surface area contributed by atoms with Crippen LogP contribution < -0.4 is 9.47 Å². The van der Waals surface area contributed by atoms with E-state index in [9.17, 15) is 0 Å². The first-order valence-corrected chi connectivity index (χ1v) is 6.92. The summed E-state index contributed by atoms with van der Waals surface area (Å²) in [5, 5.41) is 0.347. The van der Waals surface area contributed by atoms with E-state index in [2.05, 4.69) is 4.98 Å². The summed E-state index contributed by atoms with van der Waals surface area (Å²) in [6.45, 7) is 0. The first kappa shape index (κ1) is 14.9. The van der Waals surface area contributed by atoms with Gasteiger partial charge in [-0.3, -0.25) is 4.98 Å². The summed E-state index contributed by atoms with van der Waals surface area (Å²) >= 11 is 12.6. The Labute approximate surface area is 128 Å². The summed E-state index contributed by atoms with van der Waals surface area (Å²) in [5.41, 5.74) is 1.83. The van der Waals surface area contributed by atoms with Gasteiger partial charge in [-0.1, -0.05) is 23.7 Å². The standard InChI is InChI=1S/C15H15Cl2NO2/c1-19-14-5-3-4-11(15(14)20-2)12(16)8-10-6-7-18-9-13(10)17/h3-7,9,12H,8H2,1-2H3. The maximum atomic E-state index is 6.51. The Hall–Kier alpha value is -1.45. The molecule has 0 N–H and O–H groups in total. The number of aromatic nitrogens is 1. The van der Waals surface area contributed by atoms with Crippen molar-refractivity contribution in [2.75, 3.05) is 14.2 Å². The number of methoxy groups -OCH3 is 2. The van der Waals surface area contributed by atoms with Crippen molar-refractivity contribution < 1.29 is 9.47 Å². The third-order valence-corrected chi connectivity index (χ3v) is 3.76. The molecule has 1 aromatic carbocycles. The van der Waals surface area contributed by atoms with Crippen LogP contribution in [0, 0.1) is 0 Å². The van der Waals surface area contributed by atoms with Gasteiger partial charge < -0.3 is 9.47 Å². The Bertz CT molecular complexity index is 590. The Balaban J connectivity index is 2.30. The van der Waals surface area contributed by atoms with E-state index in [1.807, 2.05) is 24.3 Å². The van der Waals surface area contributed by atoms with Crippen molar-refractivity contribution in [1.29, 1.82) is 0 Å². The second-order valence-corrected chi connectivity index (χ2v) is 5.16. The summed E-state index contributed by atoms with van der Waals surface area (Å²) < 4.78 is 10.7. The number of pyridine rings is 1. The number of ether oxygens (including phenoxy) is 2. The molecule has 1 heterocycles. The van der Waals surface area contributed by atoms with E-state index in [1.54, 1.807) is 26.6 Å². The molecule has 2 aromatic rings. The van der Waals surface area contributed by atoms with Gasteiger partial charge in [0, 0.05) is 18.0 Å². The van der Waals surface area contributed by atoms with E-state index in [-0.39, 0.29) is 5.38 Å². The maximum Gasteiger partial charge on any atom is 0.165 e. The molecule has 1 aromatic heterocycles. The van der Waals surface area contributed by atoms with E-state index < -0.39 is 0 Å². The zero-order valence-corrected chi connectivity index (χ0v) is 12.8. The number of benzene rings is 1. The molecule has 20 heavy (non-hydrogen) atoms. The van der Waals surface area contributed by atoms with Crippen LogP contribution in [-0.2, 0) is 6.42 Å². The minimum Gasteiger partial charge on any atom is -0.493 e. The molecule has 2 rings (SSSR count). The van der Waals surface area contributed by atoms with Gasteiger partial charge in [-0.2, -0.15) is 0 Å². The predicted molar refractivity (Wildman–Crippen MR) is 81.1 cm³/mol. The van der Waals surface area contributed by atoms with Crippen molar-refractivity contribution >= 4 is 23.2 Å². The van der Waals surface area contributed by atoms with Gasteiger partial charge in [0.1, 0.15) is 0 Å². The molecular weight excluding hydrogens is 297 g/mol. The number of halogens is 2. The monoisotopic (exact) mass is 311 g/mol. The number of rotatable bonds is 5. The minimum absolute atomic E-state index is 0.264. The van der Waals surface area contributed by atoms with Crippen LogP contribution in [0.25, 0.3) is 0 Å². The SMILES string of the molecule is COc1cccc(C(Cl)Cc2ccncc2Cl)c1OC. The number of alkyl halides is 1. The van der Waals surface area contributed by atoms with Crippen LogP contribution in [0.3, 0.4) is 0 Å². The highest BCUT2D eigenvalue weighted by Crippen LogP contribution is 2.39. The Morgan fingerprint density at radius 1 is 1.20 bits per heavy atom. The molecule has 0 aliphatic heterocycles. The summed E-state index contributed by atoms with van der Waals surface area (Å²) in [6.07, 6.45) is 3.91. The average molecular weight is 312 g/mol. The number of para-hydroxylation sites is 1. The van der Waals surface area contributed by atoms with Crippen molar-refractivity contribution in [3.8, 4) is 11.5 Å². The topological polar surface area (TPSA) is 31.4 Å². The van der Waals surface area contributed by atoms with Gasteiger partial charge in [-0.25, -0.2) is 0 Å². The largest absolute Gasteiger partial charge is 0.493 e. The first-order valence-electron chi connectivity index (χ1n) is 6.10. The average Bonchev–Trinajstić information content (AvgIpc) is 2.48. The molecule has 0 fully saturated rings. The highest BCUT2D eigenvalue weighted by atomic mass is 35.5. The van der Waals surface area contributed by atoms with Crippen LogP contribution in [0.5, 0.6) is 11.5 Å². The molecule has 0 aliphatic carbocycles. The number of nitrogens with zero attached hydrogens (tertiary/aromatic N) is 1. The molecular formula is C15H15Cl2NO2. The number of hydrogen-bond donors (Lipinski definition) is 0. The highest BCUT2D eigenvalue weighted by Gasteiger charge is 2.18. The summed E-state index contributed by atoms with van der Waals surface area (Å²) in [5.74, 6) is 1.32. The molecule has 0 aliphatic rings. The van der Waals surface area contributed by atoms with Crippen LogP contribution in [0.4, 0.5) is 0 Å². The highest BCUT2D eigenvalue weighted by molar-refractivity contribution is 6.31. The Morgan fingerprint density at radius 3 is 2.65 bits per heavy atom. The third kappa shape index (κ3) is 3.17. The van der Waals surface area contributed by atoms with Gasteiger partial charge >= 0.3 is 0 Å². The van der Waals surface area contributed by atoms with Crippen LogP contribution in [0.2, 0.25) is 5.02 Å². The van der Waals surface area contributed by atoms with E-state index >= 15 is 0 Å². The van der Waals surface area contributed by atoms with Crippen LogP contribution >= 0.6 is 23.2 Å². The van der Waals surface area contributed by atoms with Crippen molar-refractivity contribution in [2.45, 2.75) is 11.8 Å². The lowest BCUT2D eigenvalue weighted by atomic mass is 10.0. The summed E-state index contributed by atoms with van der Waals surface area (Å²) in [6, 6.07) is 7.52. The van der Waals surface area contributed by atoms with E-state index in [4.69, 9.17) is 32.7 Å². The fraction of sp³-hybridized carbons (Fsp3) is 0.267. The number of hydrogen-bond acceptors (Lipinski definition) is 3. The molecule has 0 spiro atoms. The van der Waals surface area contributed by atoms with Gasteiger partial charge in [0.25, 0.3) is 0 Å².